The van der Waals surface area contributed by atoms with Gasteiger partial charge in [0.2, 0.25) is 0 Å². The molecule has 2 rings (SSSR count). The first-order chi connectivity index (χ1) is 10.4. The summed E-state index contributed by atoms with van der Waals surface area (Å²) in [4.78, 5) is 14.3. The zero-order chi connectivity index (χ0) is 16.3. The van der Waals surface area contributed by atoms with Gasteiger partial charge < -0.3 is 15.4 Å². The molecule has 1 aromatic rings. The molecule has 23 heavy (non-hydrogen) atoms. The first kappa shape index (κ1) is 19.6. The van der Waals surface area contributed by atoms with Crippen molar-refractivity contribution in [3.05, 3.63) is 29.8 Å². The van der Waals surface area contributed by atoms with Gasteiger partial charge in [-0.1, -0.05) is 13.8 Å². The van der Waals surface area contributed by atoms with E-state index >= 15 is 0 Å². The third kappa shape index (κ3) is 5.04. The topological polar surface area (TPSA) is 55.6 Å². The average molecular weight is 349 g/mol. The van der Waals surface area contributed by atoms with Gasteiger partial charge >= 0.3 is 0 Å². The van der Waals surface area contributed by atoms with Crippen molar-refractivity contribution in [1.29, 1.82) is 0 Å². The minimum atomic E-state index is -0.815. The number of carbonyl (C=O) groups is 1. The van der Waals surface area contributed by atoms with Crippen molar-refractivity contribution in [3.63, 3.8) is 0 Å². The largest absolute Gasteiger partial charge is 0.477 e. The Morgan fingerprint density at radius 1 is 1.39 bits per heavy atom. The van der Waals surface area contributed by atoms with E-state index in [2.05, 4.69) is 0 Å². The van der Waals surface area contributed by atoms with Gasteiger partial charge in [-0.05, 0) is 30.9 Å². The Labute approximate surface area is 141 Å². The van der Waals surface area contributed by atoms with Crippen molar-refractivity contribution in [2.24, 2.45) is 11.7 Å². The standard InChI is InChI=1S/C16H22F2N2O2.ClH/c1-10(2)15(16(21)20-7-3-4-12(19)9-20)22-14-6-5-11(17)8-13(14)18;/h5-6,8,10,12,15H,3-4,7,9,19H2,1-2H3;1H. The number of halogens is 3. The second-order valence-electron chi connectivity index (χ2n) is 6.04. The number of nitrogens with zero attached hydrogens (tertiary/aromatic N) is 1. The van der Waals surface area contributed by atoms with Crippen LogP contribution in [0.25, 0.3) is 0 Å². The molecule has 1 aliphatic heterocycles. The Hall–Kier alpha value is -1.40. The second-order valence-corrected chi connectivity index (χ2v) is 6.04. The lowest BCUT2D eigenvalue weighted by molar-refractivity contribution is -0.142. The van der Waals surface area contributed by atoms with Gasteiger partial charge in [-0.15, -0.1) is 12.4 Å². The average Bonchev–Trinajstić information content (AvgIpc) is 2.45. The van der Waals surface area contributed by atoms with E-state index in [1.807, 2.05) is 13.8 Å². The fourth-order valence-electron chi connectivity index (χ4n) is 2.57. The molecule has 2 N–H and O–H groups in total. The highest BCUT2D eigenvalue weighted by molar-refractivity contribution is 5.85. The number of benzene rings is 1. The van der Waals surface area contributed by atoms with Gasteiger partial charge in [0.25, 0.3) is 5.91 Å². The molecule has 2 atom stereocenters. The maximum absolute atomic E-state index is 13.7. The summed E-state index contributed by atoms with van der Waals surface area (Å²) < 4.78 is 32.2. The summed E-state index contributed by atoms with van der Waals surface area (Å²) in [5.41, 5.74) is 5.90. The molecule has 1 fully saturated rings. The van der Waals surface area contributed by atoms with Crippen LogP contribution in [-0.2, 0) is 4.79 Å². The van der Waals surface area contributed by atoms with Crippen LogP contribution >= 0.6 is 12.4 Å². The van der Waals surface area contributed by atoms with E-state index in [1.165, 1.54) is 6.07 Å². The van der Waals surface area contributed by atoms with E-state index in [4.69, 9.17) is 10.5 Å². The lowest BCUT2D eigenvalue weighted by atomic mass is 10.0. The summed E-state index contributed by atoms with van der Waals surface area (Å²) >= 11 is 0. The molecule has 0 radical (unpaired) electrons. The van der Waals surface area contributed by atoms with Gasteiger partial charge in [0, 0.05) is 25.2 Å². The van der Waals surface area contributed by atoms with Crippen molar-refractivity contribution in [2.45, 2.75) is 38.8 Å². The monoisotopic (exact) mass is 348 g/mol. The van der Waals surface area contributed by atoms with Crippen LogP contribution in [0.3, 0.4) is 0 Å². The normalized spacial score (nSPS) is 19.2. The number of likely N-dealkylation sites (tertiary alicyclic amines) is 1. The van der Waals surface area contributed by atoms with Crippen LogP contribution in [0.4, 0.5) is 8.78 Å². The van der Waals surface area contributed by atoms with Crippen molar-refractivity contribution < 1.29 is 18.3 Å². The van der Waals surface area contributed by atoms with E-state index < -0.39 is 17.7 Å². The molecule has 1 aromatic carbocycles. The molecule has 2 unspecified atom stereocenters. The quantitative estimate of drug-likeness (QED) is 0.910. The number of piperidine rings is 1. The van der Waals surface area contributed by atoms with Crippen LogP contribution in [0.5, 0.6) is 5.75 Å². The number of nitrogens with two attached hydrogens (primary N) is 1. The molecule has 0 aliphatic carbocycles. The van der Waals surface area contributed by atoms with Gasteiger partial charge in [-0.25, -0.2) is 8.78 Å². The Balaban J connectivity index is 0.00000264. The molecule has 0 aromatic heterocycles. The van der Waals surface area contributed by atoms with Crippen LogP contribution < -0.4 is 10.5 Å². The van der Waals surface area contributed by atoms with Gasteiger partial charge in [0.15, 0.2) is 17.7 Å². The molecular weight excluding hydrogens is 326 g/mol. The molecule has 1 saturated heterocycles. The van der Waals surface area contributed by atoms with Crippen molar-refractivity contribution in [1.82, 2.24) is 4.90 Å². The molecule has 1 heterocycles. The summed E-state index contributed by atoms with van der Waals surface area (Å²) in [6.07, 6.45) is 0.928. The molecular formula is C16H23ClF2N2O2. The van der Waals surface area contributed by atoms with Crippen molar-refractivity contribution >= 4 is 18.3 Å². The summed E-state index contributed by atoms with van der Waals surface area (Å²) in [6, 6.07) is 3.02. The molecule has 0 saturated carbocycles. The number of amides is 1. The molecule has 0 spiro atoms. The third-order valence-corrected chi connectivity index (χ3v) is 3.77. The minimum Gasteiger partial charge on any atom is -0.477 e. The number of ether oxygens (including phenoxy) is 1. The highest BCUT2D eigenvalue weighted by Gasteiger charge is 2.32. The summed E-state index contributed by atoms with van der Waals surface area (Å²) in [5.74, 6) is -1.95. The fourth-order valence-corrected chi connectivity index (χ4v) is 2.57. The minimum absolute atomic E-state index is 0. The number of hydrogen-bond donors (Lipinski definition) is 1. The summed E-state index contributed by atoms with van der Waals surface area (Å²) in [6.45, 7) is 4.77. The van der Waals surface area contributed by atoms with Crippen LogP contribution in [0.15, 0.2) is 18.2 Å². The predicted octanol–water partition coefficient (Wildman–Crippen LogP) is 2.74. The van der Waals surface area contributed by atoms with Crippen LogP contribution in [0, 0.1) is 17.6 Å². The van der Waals surface area contributed by atoms with E-state index in [-0.39, 0.29) is 36.0 Å². The van der Waals surface area contributed by atoms with Crippen molar-refractivity contribution in [3.8, 4) is 5.75 Å². The Kier molecular flexibility index (Phi) is 7.22. The molecule has 7 heteroatoms. The number of hydrogen-bond acceptors (Lipinski definition) is 3. The Morgan fingerprint density at radius 3 is 2.65 bits per heavy atom. The van der Waals surface area contributed by atoms with E-state index in [0.717, 1.165) is 25.0 Å². The highest BCUT2D eigenvalue weighted by Crippen LogP contribution is 2.23. The lowest BCUT2D eigenvalue weighted by Crippen LogP contribution is -2.51. The van der Waals surface area contributed by atoms with Crippen LogP contribution in [0.1, 0.15) is 26.7 Å². The maximum Gasteiger partial charge on any atom is 0.263 e. The highest BCUT2D eigenvalue weighted by atomic mass is 35.5. The van der Waals surface area contributed by atoms with E-state index in [9.17, 15) is 13.6 Å². The third-order valence-electron chi connectivity index (χ3n) is 3.77. The molecule has 1 aliphatic rings. The van der Waals surface area contributed by atoms with Crippen LogP contribution in [-0.4, -0.2) is 36.0 Å². The van der Waals surface area contributed by atoms with E-state index in [1.54, 1.807) is 4.90 Å². The smallest absolute Gasteiger partial charge is 0.263 e. The zero-order valence-corrected chi connectivity index (χ0v) is 14.1. The number of rotatable bonds is 4. The fraction of sp³-hybridized carbons (Fsp3) is 0.562. The zero-order valence-electron chi connectivity index (χ0n) is 13.3. The lowest BCUT2D eigenvalue weighted by Gasteiger charge is -2.34. The first-order valence-corrected chi connectivity index (χ1v) is 7.54. The molecule has 1 amide bonds. The van der Waals surface area contributed by atoms with Gasteiger partial charge in [0.05, 0.1) is 0 Å². The molecule has 0 bridgehead atoms. The van der Waals surface area contributed by atoms with Crippen LogP contribution in [0.2, 0.25) is 0 Å². The molecule has 130 valence electrons. The summed E-state index contributed by atoms with van der Waals surface area (Å²) in [7, 11) is 0. The Bertz CT molecular complexity index is 543. The van der Waals surface area contributed by atoms with Gasteiger partial charge in [-0.3, -0.25) is 4.79 Å². The SMILES string of the molecule is CC(C)C(Oc1ccc(F)cc1F)C(=O)N1CCCC(N)C1.Cl. The first-order valence-electron chi connectivity index (χ1n) is 7.54. The number of carbonyl (C=O) groups excluding carboxylic acids is 1. The summed E-state index contributed by atoms with van der Waals surface area (Å²) in [5, 5.41) is 0. The van der Waals surface area contributed by atoms with Crippen molar-refractivity contribution in [2.75, 3.05) is 13.1 Å². The Morgan fingerprint density at radius 2 is 2.09 bits per heavy atom. The second kappa shape index (κ2) is 8.45. The van der Waals surface area contributed by atoms with Gasteiger partial charge in [0.1, 0.15) is 5.82 Å². The van der Waals surface area contributed by atoms with E-state index in [0.29, 0.717) is 13.1 Å². The maximum atomic E-state index is 13.7. The molecule has 4 nitrogen and oxygen atoms in total. The predicted molar refractivity (Wildman–Crippen MR) is 86.6 cm³/mol. The van der Waals surface area contributed by atoms with Gasteiger partial charge in [-0.2, -0.15) is 0 Å².